The maximum atomic E-state index is 9.75. The van der Waals surface area contributed by atoms with Gasteiger partial charge in [0, 0.05) is 17.0 Å². The van der Waals surface area contributed by atoms with Crippen LogP contribution in [0.5, 0.6) is 5.75 Å². The maximum Gasteiger partial charge on any atom is 0.132 e. The summed E-state index contributed by atoms with van der Waals surface area (Å²) in [7, 11) is 0. The van der Waals surface area contributed by atoms with Gasteiger partial charge >= 0.3 is 0 Å². The summed E-state index contributed by atoms with van der Waals surface area (Å²) in [4.78, 5) is 0. The van der Waals surface area contributed by atoms with Gasteiger partial charge in [0.25, 0.3) is 0 Å². The fourth-order valence-corrected chi connectivity index (χ4v) is 2.43. The summed E-state index contributed by atoms with van der Waals surface area (Å²) >= 11 is 0. The van der Waals surface area contributed by atoms with E-state index in [0.717, 1.165) is 28.6 Å². The lowest BCUT2D eigenvalue weighted by atomic mass is 10.0. The predicted octanol–water partition coefficient (Wildman–Crippen LogP) is 3.66. The van der Waals surface area contributed by atoms with Crippen molar-refractivity contribution in [1.82, 2.24) is 5.32 Å². The summed E-state index contributed by atoms with van der Waals surface area (Å²) < 4.78 is 6.10. The highest BCUT2D eigenvalue weighted by Gasteiger charge is 2.18. The van der Waals surface area contributed by atoms with Gasteiger partial charge in [-0.1, -0.05) is 43.3 Å². The summed E-state index contributed by atoms with van der Waals surface area (Å²) in [6.07, 6.45) is -0.755. The molecule has 3 heteroatoms. The zero-order valence-electron chi connectivity index (χ0n) is 13.3. The lowest BCUT2D eigenvalue weighted by Crippen LogP contribution is -2.27. The molecule has 0 amide bonds. The molecule has 0 fully saturated rings. The van der Waals surface area contributed by atoms with Gasteiger partial charge in [-0.05, 0) is 32.7 Å². The van der Waals surface area contributed by atoms with Gasteiger partial charge in [0.05, 0.1) is 6.10 Å². The van der Waals surface area contributed by atoms with Crippen molar-refractivity contribution in [2.75, 3.05) is 6.54 Å². The van der Waals surface area contributed by atoms with E-state index in [4.69, 9.17) is 4.74 Å². The molecule has 114 valence electrons. The normalized spacial score (nSPS) is 15.7. The van der Waals surface area contributed by atoms with E-state index in [0.29, 0.717) is 0 Å². The number of hydrogen-bond acceptors (Lipinski definition) is 3. The zero-order chi connectivity index (χ0) is 15.4. The second kappa shape index (κ2) is 6.92. The molecular weight excluding hydrogens is 262 g/mol. The molecule has 2 aromatic rings. The molecule has 0 bridgehead atoms. The Balaban J connectivity index is 2.51. The minimum absolute atomic E-state index is 0.204. The molecule has 2 rings (SSSR count). The molecule has 0 saturated heterocycles. The van der Waals surface area contributed by atoms with E-state index in [-0.39, 0.29) is 12.1 Å². The van der Waals surface area contributed by atoms with E-state index >= 15 is 0 Å². The van der Waals surface area contributed by atoms with Gasteiger partial charge in [-0.2, -0.15) is 0 Å². The number of benzene rings is 2. The van der Waals surface area contributed by atoms with Gasteiger partial charge in [0.15, 0.2) is 0 Å². The second-order valence-electron chi connectivity index (χ2n) is 5.55. The van der Waals surface area contributed by atoms with Crippen molar-refractivity contribution in [1.29, 1.82) is 0 Å². The Bertz CT molecular complexity index is 595. The summed E-state index contributed by atoms with van der Waals surface area (Å²) in [6, 6.07) is 12.6. The number of rotatable bonds is 6. The van der Waals surface area contributed by atoms with Crippen LogP contribution in [0.3, 0.4) is 0 Å². The van der Waals surface area contributed by atoms with Crippen LogP contribution in [0, 0.1) is 0 Å². The molecule has 0 heterocycles. The van der Waals surface area contributed by atoms with Crippen molar-refractivity contribution in [3.05, 3.63) is 42.0 Å². The summed E-state index contributed by atoms with van der Waals surface area (Å²) in [5.41, 5.74) is 1.13. The van der Waals surface area contributed by atoms with E-state index < -0.39 is 6.10 Å². The first kappa shape index (κ1) is 15.8. The maximum absolute atomic E-state index is 9.75. The van der Waals surface area contributed by atoms with Gasteiger partial charge in [0.2, 0.25) is 0 Å². The van der Waals surface area contributed by atoms with Gasteiger partial charge in [-0.25, -0.2) is 0 Å². The molecule has 3 unspecified atom stereocenters. The first-order chi connectivity index (χ1) is 10.0. The molecule has 3 nitrogen and oxygen atoms in total. The average molecular weight is 287 g/mol. The Morgan fingerprint density at radius 1 is 1.10 bits per heavy atom. The average Bonchev–Trinajstić information content (AvgIpc) is 2.47. The molecule has 2 aromatic carbocycles. The van der Waals surface area contributed by atoms with Crippen molar-refractivity contribution >= 4 is 10.8 Å². The first-order valence-electron chi connectivity index (χ1n) is 7.64. The predicted molar refractivity (Wildman–Crippen MR) is 87.8 cm³/mol. The third-order valence-electron chi connectivity index (χ3n) is 3.87. The van der Waals surface area contributed by atoms with Crippen LogP contribution in [-0.4, -0.2) is 23.9 Å². The Kier molecular flexibility index (Phi) is 5.21. The minimum Gasteiger partial charge on any atom is -0.487 e. The van der Waals surface area contributed by atoms with E-state index in [1.54, 1.807) is 6.92 Å². The molecular formula is C18H25NO2. The molecule has 0 aromatic heterocycles. The van der Waals surface area contributed by atoms with Crippen molar-refractivity contribution in [2.24, 2.45) is 0 Å². The molecule has 0 spiro atoms. The van der Waals surface area contributed by atoms with Crippen LogP contribution < -0.4 is 10.1 Å². The van der Waals surface area contributed by atoms with Crippen molar-refractivity contribution in [3.63, 3.8) is 0 Å². The summed E-state index contributed by atoms with van der Waals surface area (Å²) in [5, 5.41) is 15.4. The molecule has 0 aliphatic carbocycles. The molecule has 21 heavy (non-hydrogen) atoms. The number of nitrogens with one attached hydrogen (secondary N) is 1. The van der Waals surface area contributed by atoms with E-state index in [9.17, 15) is 5.11 Å². The monoisotopic (exact) mass is 287 g/mol. The third-order valence-corrected chi connectivity index (χ3v) is 3.87. The Morgan fingerprint density at radius 2 is 1.81 bits per heavy atom. The lowest BCUT2D eigenvalue weighted by Gasteiger charge is -2.24. The summed E-state index contributed by atoms with van der Waals surface area (Å²) in [6.45, 7) is 8.78. The molecule has 0 aliphatic rings. The number of aliphatic hydroxyl groups excluding tert-OH is 1. The largest absolute Gasteiger partial charge is 0.487 e. The third kappa shape index (κ3) is 3.55. The fourth-order valence-electron chi connectivity index (χ4n) is 2.43. The molecule has 3 atom stereocenters. The van der Waals surface area contributed by atoms with E-state index in [1.165, 1.54) is 0 Å². The van der Waals surface area contributed by atoms with Crippen LogP contribution in [-0.2, 0) is 0 Å². The second-order valence-corrected chi connectivity index (χ2v) is 5.55. The Hall–Kier alpha value is -1.58. The van der Waals surface area contributed by atoms with Crippen molar-refractivity contribution in [3.8, 4) is 5.75 Å². The Morgan fingerprint density at radius 3 is 2.48 bits per heavy atom. The number of hydrogen-bond donors (Lipinski definition) is 2. The highest BCUT2D eigenvalue weighted by atomic mass is 16.5. The van der Waals surface area contributed by atoms with Gasteiger partial charge in [-0.15, -0.1) is 0 Å². The van der Waals surface area contributed by atoms with Crippen LogP contribution >= 0.6 is 0 Å². The standard InChI is InChI=1S/C18H25NO2/c1-5-19-12(2)16-11-10-15-8-6-7-9-17(15)18(16)21-14(4)13(3)20/h6-14,19-20H,5H2,1-4H3. The number of aliphatic hydroxyl groups is 1. The molecule has 0 aliphatic heterocycles. The van der Waals surface area contributed by atoms with Crippen molar-refractivity contribution in [2.45, 2.75) is 45.9 Å². The summed E-state index contributed by atoms with van der Waals surface area (Å²) in [5.74, 6) is 0.870. The Labute approximate surface area is 126 Å². The van der Waals surface area contributed by atoms with Crippen LogP contribution in [0.15, 0.2) is 36.4 Å². The SMILES string of the molecule is CCNC(C)c1ccc2ccccc2c1OC(C)C(C)O. The molecule has 2 N–H and O–H groups in total. The zero-order valence-corrected chi connectivity index (χ0v) is 13.3. The number of ether oxygens (including phenoxy) is 1. The topological polar surface area (TPSA) is 41.5 Å². The highest BCUT2D eigenvalue weighted by Crippen LogP contribution is 2.34. The quantitative estimate of drug-likeness (QED) is 0.852. The van der Waals surface area contributed by atoms with Crippen LogP contribution in [0.1, 0.15) is 39.3 Å². The fraction of sp³-hybridized carbons (Fsp3) is 0.444. The molecule has 0 radical (unpaired) electrons. The highest BCUT2D eigenvalue weighted by molar-refractivity contribution is 5.89. The van der Waals surface area contributed by atoms with E-state index in [1.807, 2.05) is 19.1 Å². The van der Waals surface area contributed by atoms with Crippen LogP contribution in [0.2, 0.25) is 0 Å². The lowest BCUT2D eigenvalue weighted by molar-refractivity contribution is 0.0605. The van der Waals surface area contributed by atoms with E-state index in [2.05, 4.69) is 43.4 Å². The van der Waals surface area contributed by atoms with Crippen molar-refractivity contribution < 1.29 is 9.84 Å². The molecule has 0 saturated carbocycles. The van der Waals surface area contributed by atoms with Crippen LogP contribution in [0.4, 0.5) is 0 Å². The minimum atomic E-state index is -0.508. The van der Waals surface area contributed by atoms with Gasteiger partial charge < -0.3 is 15.2 Å². The van der Waals surface area contributed by atoms with Crippen LogP contribution in [0.25, 0.3) is 10.8 Å². The van der Waals surface area contributed by atoms with Gasteiger partial charge in [0.1, 0.15) is 11.9 Å². The van der Waals surface area contributed by atoms with Gasteiger partial charge in [-0.3, -0.25) is 0 Å². The smallest absolute Gasteiger partial charge is 0.132 e. The first-order valence-corrected chi connectivity index (χ1v) is 7.64. The number of fused-ring (bicyclic) bond motifs is 1.